The largest absolute Gasteiger partial charge is 0.364 e. The third-order valence-corrected chi connectivity index (χ3v) is 4.84. The zero-order valence-corrected chi connectivity index (χ0v) is 14.3. The second-order valence-corrected chi connectivity index (χ2v) is 6.62. The second kappa shape index (κ2) is 7.53. The van der Waals surface area contributed by atoms with E-state index in [1.54, 1.807) is 0 Å². The van der Waals surface area contributed by atoms with E-state index >= 15 is 0 Å². The van der Waals surface area contributed by atoms with Crippen molar-refractivity contribution in [3.05, 3.63) is 42.0 Å². The third kappa shape index (κ3) is 4.06. The molecule has 1 aromatic carbocycles. The van der Waals surface area contributed by atoms with E-state index in [9.17, 15) is 0 Å². The summed E-state index contributed by atoms with van der Waals surface area (Å²) >= 11 is 0. The quantitative estimate of drug-likeness (QED) is 0.529. The molecule has 0 atom stereocenters. The normalized spacial score (nSPS) is 19.5. The molecular formula is C19H28N4. The number of nitrogens with one attached hydrogen (secondary N) is 1. The Morgan fingerprint density at radius 1 is 1.22 bits per heavy atom. The molecule has 2 aliphatic heterocycles. The van der Waals surface area contributed by atoms with Crippen LogP contribution in [-0.4, -0.2) is 44.1 Å². The lowest BCUT2D eigenvalue weighted by Crippen LogP contribution is -2.45. The average molecular weight is 312 g/mol. The molecule has 1 saturated heterocycles. The number of piperidine rings is 1. The molecule has 0 spiro atoms. The minimum absolute atomic E-state index is 0.827. The summed E-state index contributed by atoms with van der Waals surface area (Å²) in [7, 11) is 1.88. The first kappa shape index (κ1) is 15.9. The number of benzene rings is 1. The molecule has 4 heteroatoms. The lowest BCUT2D eigenvalue weighted by Gasteiger charge is -2.33. The third-order valence-electron chi connectivity index (χ3n) is 4.84. The van der Waals surface area contributed by atoms with Gasteiger partial charge in [0.25, 0.3) is 0 Å². The topological polar surface area (TPSA) is 30.9 Å². The highest BCUT2D eigenvalue weighted by Gasteiger charge is 2.18. The Hall–Kier alpha value is -1.97. The van der Waals surface area contributed by atoms with Crippen molar-refractivity contribution in [1.82, 2.24) is 10.2 Å². The fourth-order valence-corrected chi connectivity index (χ4v) is 3.29. The molecule has 1 N–H and O–H groups in total. The van der Waals surface area contributed by atoms with E-state index in [1.807, 2.05) is 7.05 Å². The minimum atomic E-state index is 0.827. The smallest absolute Gasteiger partial charge is 0.193 e. The molecule has 0 amide bonds. The van der Waals surface area contributed by atoms with Gasteiger partial charge < -0.3 is 15.1 Å². The SMILES string of the molecule is CN=C(NCc1cccc(N2CC=CC2)c1)N1CCC(C)CC1. The van der Waals surface area contributed by atoms with E-state index in [0.29, 0.717) is 0 Å². The van der Waals surface area contributed by atoms with Crippen LogP contribution in [0.5, 0.6) is 0 Å². The van der Waals surface area contributed by atoms with Crippen molar-refractivity contribution >= 4 is 11.6 Å². The number of hydrogen-bond acceptors (Lipinski definition) is 2. The van der Waals surface area contributed by atoms with Gasteiger partial charge in [0.1, 0.15) is 0 Å². The van der Waals surface area contributed by atoms with Crippen molar-refractivity contribution in [2.75, 3.05) is 38.1 Å². The summed E-state index contributed by atoms with van der Waals surface area (Å²) in [5.74, 6) is 1.88. The predicted octanol–water partition coefficient (Wildman–Crippen LogP) is 2.87. The second-order valence-electron chi connectivity index (χ2n) is 6.62. The van der Waals surface area contributed by atoms with Gasteiger partial charge in [0.05, 0.1) is 0 Å². The van der Waals surface area contributed by atoms with Gasteiger partial charge in [-0.05, 0) is 36.5 Å². The van der Waals surface area contributed by atoms with Crippen molar-refractivity contribution < 1.29 is 0 Å². The molecule has 0 radical (unpaired) electrons. The van der Waals surface area contributed by atoms with Crippen molar-refractivity contribution in [2.45, 2.75) is 26.3 Å². The highest BCUT2D eigenvalue weighted by atomic mass is 15.3. The zero-order chi connectivity index (χ0) is 16.1. The molecule has 0 bridgehead atoms. The molecule has 2 aliphatic rings. The van der Waals surface area contributed by atoms with Crippen LogP contribution in [0.4, 0.5) is 5.69 Å². The van der Waals surface area contributed by atoms with E-state index in [0.717, 1.165) is 44.6 Å². The van der Waals surface area contributed by atoms with Gasteiger partial charge in [-0.3, -0.25) is 4.99 Å². The first-order chi connectivity index (χ1) is 11.3. The summed E-state index contributed by atoms with van der Waals surface area (Å²) in [5.41, 5.74) is 2.61. The van der Waals surface area contributed by atoms with E-state index in [2.05, 4.69) is 63.5 Å². The van der Waals surface area contributed by atoms with Crippen molar-refractivity contribution in [2.24, 2.45) is 10.9 Å². The molecule has 4 nitrogen and oxygen atoms in total. The maximum atomic E-state index is 4.46. The highest BCUT2D eigenvalue weighted by molar-refractivity contribution is 5.80. The number of likely N-dealkylation sites (tertiary alicyclic amines) is 1. The van der Waals surface area contributed by atoms with Gasteiger partial charge in [-0.2, -0.15) is 0 Å². The molecule has 0 aromatic heterocycles. The Morgan fingerprint density at radius 3 is 2.65 bits per heavy atom. The summed E-state index contributed by atoms with van der Waals surface area (Å²) in [6.07, 6.45) is 6.98. The molecular weight excluding hydrogens is 284 g/mol. The van der Waals surface area contributed by atoms with Crippen LogP contribution in [0.1, 0.15) is 25.3 Å². The summed E-state index contributed by atoms with van der Waals surface area (Å²) in [4.78, 5) is 9.23. The fourth-order valence-electron chi connectivity index (χ4n) is 3.29. The number of nitrogens with zero attached hydrogens (tertiary/aromatic N) is 3. The van der Waals surface area contributed by atoms with E-state index in [4.69, 9.17) is 0 Å². The lowest BCUT2D eigenvalue weighted by atomic mass is 9.99. The molecule has 0 aliphatic carbocycles. The Kier molecular flexibility index (Phi) is 5.21. The van der Waals surface area contributed by atoms with Gasteiger partial charge in [0.15, 0.2) is 5.96 Å². The molecule has 23 heavy (non-hydrogen) atoms. The van der Waals surface area contributed by atoms with Crippen molar-refractivity contribution in [3.63, 3.8) is 0 Å². The molecule has 0 saturated carbocycles. The van der Waals surface area contributed by atoms with Gasteiger partial charge in [0.2, 0.25) is 0 Å². The monoisotopic (exact) mass is 312 g/mol. The van der Waals surface area contributed by atoms with Crippen LogP contribution in [0.2, 0.25) is 0 Å². The van der Waals surface area contributed by atoms with Crippen molar-refractivity contribution in [3.8, 4) is 0 Å². The predicted molar refractivity (Wildman–Crippen MR) is 98.0 cm³/mol. The van der Waals surface area contributed by atoms with Gasteiger partial charge in [-0.1, -0.05) is 31.2 Å². The molecule has 3 rings (SSSR count). The number of hydrogen-bond donors (Lipinski definition) is 1. The molecule has 2 heterocycles. The minimum Gasteiger partial charge on any atom is -0.364 e. The Balaban J connectivity index is 1.57. The fraction of sp³-hybridized carbons (Fsp3) is 0.526. The Morgan fingerprint density at radius 2 is 1.96 bits per heavy atom. The van der Waals surface area contributed by atoms with Crippen LogP contribution in [0.15, 0.2) is 41.4 Å². The van der Waals surface area contributed by atoms with Gasteiger partial charge >= 0.3 is 0 Å². The number of rotatable bonds is 3. The molecule has 1 aromatic rings. The first-order valence-corrected chi connectivity index (χ1v) is 8.71. The maximum Gasteiger partial charge on any atom is 0.193 e. The zero-order valence-electron chi connectivity index (χ0n) is 14.3. The van der Waals surface area contributed by atoms with Crippen molar-refractivity contribution in [1.29, 1.82) is 0 Å². The van der Waals surface area contributed by atoms with Crippen LogP contribution in [-0.2, 0) is 6.54 Å². The van der Waals surface area contributed by atoms with Crippen LogP contribution in [0.25, 0.3) is 0 Å². The van der Waals surface area contributed by atoms with Gasteiger partial charge in [0, 0.05) is 45.5 Å². The van der Waals surface area contributed by atoms with E-state index in [1.165, 1.54) is 24.1 Å². The van der Waals surface area contributed by atoms with Crippen LogP contribution in [0, 0.1) is 5.92 Å². The average Bonchev–Trinajstić information content (AvgIpc) is 3.12. The standard InChI is InChI=1S/C19H28N4/c1-16-8-12-23(13-9-16)19(20-2)21-15-17-6-5-7-18(14-17)22-10-3-4-11-22/h3-7,14,16H,8-13,15H2,1-2H3,(H,20,21). The van der Waals surface area contributed by atoms with Gasteiger partial charge in [-0.25, -0.2) is 0 Å². The summed E-state index contributed by atoms with van der Waals surface area (Å²) in [6, 6.07) is 8.81. The highest BCUT2D eigenvalue weighted by Crippen LogP contribution is 2.19. The molecule has 0 unspecified atom stereocenters. The summed E-state index contributed by atoms with van der Waals surface area (Å²) < 4.78 is 0. The molecule has 124 valence electrons. The Bertz CT molecular complexity index is 562. The van der Waals surface area contributed by atoms with Gasteiger partial charge in [-0.15, -0.1) is 0 Å². The van der Waals surface area contributed by atoms with Crippen LogP contribution in [0.3, 0.4) is 0 Å². The number of guanidine groups is 1. The Labute approximate surface area is 139 Å². The molecule has 1 fully saturated rings. The number of anilines is 1. The van der Waals surface area contributed by atoms with Crippen LogP contribution < -0.4 is 10.2 Å². The van der Waals surface area contributed by atoms with E-state index in [-0.39, 0.29) is 0 Å². The van der Waals surface area contributed by atoms with Crippen LogP contribution >= 0.6 is 0 Å². The summed E-state index contributed by atoms with van der Waals surface area (Å²) in [5, 5.41) is 3.53. The number of aliphatic imine (C=N–C) groups is 1. The van der Waals surface area contributed by atoms with E-state index < -0.39 is 0 Å². The maximum absolute atomic E-state index is 4.46. The first-order valence-electron chi connectivity index (χ1n) is 8.71. The lowest BCUT2D eigenvalue weighted by molar-refractivity contribution is 0.273. The summed E-state index contributed by atoms with van der Waals surface area (Å²) in [6.45, 7) is 7.43.